The molecule has 3 nitrogen and oxygen atoms in total. The molecule has 0 aromatic carbocycles. The molecule has 1 rings (SSSR count). The molecule has 0 bridgehead atoms. The first-order valence-electron chi connectivity index (χ1n) is 4.20. The van der Waals surface area contributed by atoms with E-state index in [1.807, 2.05) is 7.05 Å². The molecule has 66 valence electrons. The van der Waals surface area contributed by atoms with Crippen LogP contribution in [0.2, 0.25) is 0 Å². The second-order valence-electron chi connectivity index (χ2n) is 2.99. The molecule has 1 fully saturated rings. The second-order valence-corrected chi connectivity index (χ2v) is 2.99. The lowest BCUT2D eigenvalue weighted by Crippen LogP contribution is -2.28. The lowest BCUT2D eigenvalue weighted by molar-refractivity contribution is -0.00473. The Labute approximate surface area is 68.1 Å². The molecule has 0 aromatic rings. The summed E-state index contributed by atoms with van der Waals surface area (Å²) >= 11 is 0. The van der Waals surface area contributed by atoms with Gasteiger partial charge in [0.05, 0.1) is 18.8 Å². The summed E-state index contributed by atoms with van der Waals surface area (Å²) < 4.78 is 10.9. The molecule has 0 amide bonds. The van der Waals surface area contributed by atoms with E-state index in [0.717, 1.165) is 26.2 Å². The maximum Gasteiger partial charge on any atom is 0.0834 e. The van der Waals surface area contributed by atoms with Gasteiger partial charge in [-0.1, -0.05) is 0 Å². The molecule has 3 heteroatoms. The lowest BCUT2D eigenvalue weighted by atomic mass is 10.3. The molecule has 0 saturated carbocycles. The van der Waals surface area contributed by atoms with Crippen LogP contribution in [0.5, 0.6) is 0 Å². The average molecular weight is 159 g/mol. The van der Waals surface area contributed by atoms with Crippen LogP contribution in [0.4, 0.5) is 0 Å². The third-order valence-corrected chi connectivity index (χ3v) is 1.80. The molecular weight excluding hydrogens is 142 g/mol. The fourth-order valence-electron chi connectivity index (χ4n) is 1.28. The summed E-state index contributed by atoms with van der Waals surface area (Å²) in [6.45, 7) is 4.62. The van der Waals surface area contributed by atoms with Crippen molar-refractivity contribution in [2.75, 3.05) is 26.8 Å². The van der Waals surface area contributed by atoms with E-state index in [4.69, 9.17) is 9.47 Å². The summed E-state index contributed by atoms with van der Waals surface area (Å²) in [7, 11) is 1.94. The largest absolute Gasteiger partial charge is 0.379 e. The maximum atomic E-state index is 5.66. The van der Waals surface area contributed by atoms with Crippen molar-refractivity contribution < 1.29 is 9.47 Å². The smallest absolute Gasteiger partial charge is 0.0834 e. The summed E-state index contributed by atoms with van der Waals surface area (Å²) in [5.74, 6) is 0. The third kappa shape index (κ3) is 3.18. The molecule has 1 aliphatic rings. The van der Waals surface area contributed by atoms with Gasteiger partial charge in [-0.3, -0.25) is 0 Å². The van der Waals surface area contributed by atoms with Gasteiger partial charge in [0.1, 0.15) is 0 Å². The van der Waals surface area contributed by atoms with Crippen LogP contribution in [0.1, 0.15) is 13.3 Å². The van der Waals surface area contributed by atoms with Gasteiger partial charge in [-0.25, -0.2) is 0 Å². The molecule has 0 aromatic heterocycles. The van der Waals surface area contributed by atoms with Crippen LogP contribution >= 0.6 is 0 Å². The van der Waals surface area contributed by atoms with Gasteiger partial charge in [0.2, 0.25) is 0 Å². The van der Waals surface area contributed by atoms with Crippen molar-refractivity contribution >= 4 is 0 Å². The zero-order valence-electron chi connectivity index (χ0n) is 7.30. The van der Waals surface area contributed by atoms with Crippen molar-refractivity contribution in [2.24, 2.45) is 0 Å². The Bertz CT molecular complexity index is 102. The predicted molar refractivity (Wildman–Crippen MR) is 43.7 cm³/mol. The molecule has 2 unspecified atom stereocenters. The lowest BCUT2D eigenvalue weighted by Gasteiger charge is -2.16. The molecule has 2 atom stereocenters. The van der Waals surface area contributed by atoms with Crippen LogP contribution in [-0.4, -0.2) is 39.0 Å². The zero-order valence-corrected chi connectivity index (χ0v) is 7.30. The van der Waals surface area contributed by atoms with Crippen molar-refractivity contribution in [1.82, 2.24) is 5.32 Å². The van der Waals surface area contributed by atoms with E-state index in [9.17, 15) is 0 Å². The number of likely N-dealkylation sites (N-methyl/N-ethyl adjacent to an activating group) is 1. The van der Waals surface area contributed by atoms with Gasteiger partial charge in [0.25, 0.3) is 0 Å². The van der Waals surface area contributed by atoms with Gasteiger partial charge in [-0.2, -0.15) is 0 Å². The van der Waals surface area contributed by atoms with Crippen molar-refractivity contribution in [3.8, 4) is 0 Å². The molecule has 0 radical (unpaired) electrons. The van der Waals surface area contributed by atoms with E-state index in [1.165, 1.54) is 0 Å². The highest BCUT2D eigenvalue weighted by Crippen LogP contribution is 2.09. The Morgan fingerprint density at radius 1 is 1.73 bits per heavy atom. The van der Waals surface area contributed by atoms with E-state index < -0.39 is 0 Å². The van der Waals surface area contributed by atoms with Gasteiger partial charge in [-0.05, 0) is 20.4 Å². The summed E-state index contributed by atoms with van der Waals surface area (Å²) in [5, 5.41) is 3.08. The van der Waals surface area contributed by atoms with Crippen LogP contribution in [0.3, 0.4) is 0 Å². The Morgan fingerprint density at radius 2 is 2.55 bits per heavy atom. The average Bonchev–Trinajstić information content (AvgIpc) is 2.40. The Hall–Kier alpha value is -0.120. The minimum Gasteiger partial charge on any atom is -0.379 e. The van der Waals surface area contributed by atoms with Crippen molar-refractivity contribution in [3.63, 3.8) is 0 Å². The van der Waals surface area contributed by atoms with E-state index >= 15 is 0 Å². The van der Waals surface area contributed by atoms with E-state index in [-0.39, 0.29) is 0 Å². The monoisotopic (exact) mass is 159 g/mol. The number of nitrogens with one attached hydrogen (secondary N) is 1. The molecule has 1 N–H and O–H groups in total. The van der Waals surface area contributed by atoms with Gasteiger partial charge in [-0.15, -0.1) is 0 Å². The molecule has 1 saturated heterocycles. The number of hydrogen-bond acceptors (Lipinski definition) is 3. The molecule has 1 heterocycles. The molecule has 11 heavy (non-hydrogen) atoms. The Kier molecular flexibility index (Phi) is 3.83. The number of rotatable bonds is 4. The van der Waals surface area contributed by atoms with E-state index in [2.05, 4.69) is 12.2 Å². The van der Waals surface area contributed by atoms with Gasteiger partial charge in [0.15, 0.2) is 0 Å². The normalized spacial score (nSPS) is 27.3. The third-order valence-electron chi connectivity index (χ3n) is 1.80. The summed E-state index contributed by atoms with van der Waals surface area (Å²) in [6, 6.07) is 0. The topological polar surface area (TPSA) is 30.5 Å². The molecule has 1 aliphatic heterocycles. The van der Waals surface area contributed by atoms with Gasteiger partial charge >= 0.3 is 0 Å². The van der Waals surface area contributed by atoms with Crippen LogP contribution in [0, 0.1) is 0 Å². The highest BCUT2D eigenvalue weighted by molar-refractivity contribution is 4.65. The van der Waals surface area contributed by atoms with Crippen molar-refractivity contribution in [3.05, 3.63) is 0 Å². The fourth-order valence-corrected chi connectivity index (χ4v) is 1.28. The quantitative estimate of drug-likeness (QED) is 0.644. The van der Waals surface area contributed by atoms with Gasteiger partial charge in [0, 0.05) is 13.2 Å². The van der Waals surface area contributed by atoms with Crippen molar-refractivity contribution in [2.45, 2.75) is 25.6 Å². The van der Waals surface area contributed by atoms with Crippen LogP contribution in [0.25, 0.3) is 0 Å². The van der Waals surface area contributed by atoms with E-state index in [1.54, 1.807) is 0 Å². The molecule has 0 spiro atoms. The van der Waals surface area contributed by atoms with Crippen molar-refractivity contribution in [1.29, 1.82) is 0 Å². The van der Waals surface area contributed by atoms with Crippen LogP contribution in [-0.2, 0) is 9.47 Å². The first kappa shape index (κ1) is 8.97. The summed E-state index contributed by atoms with van der Waals surface area (Å²) in [4.78, 5) is 0. The predicted octanol–water partition coefficient (Wildman–Crippen LogP) is 0.400. The number of hydrogen-bond donors (Lipinski definition) is 1. The van der Waals surface area contributed by atoms with Gasteiger partial charge < -0.3 is 14.8 Å². The first-order chi connectivity index (χ1) is 5.33. The summed E-state index contributed by atoms with van der Waals surface area (Å²) in [5.41, 5.74) is 0. The van der Waals surface area contributed by atoms with Crippen LogP contribution in [0.15, 0.2) is 0 Å². The van der Waals surface area contributed by atoms with E-state index in [0.29, 0.717) is 12.2 Å². The Morgan fingerprint density at radius 3 is 3.09 bits per heavy atom. The maximum absolute atomic E-state index is 5.66. The Balaban J connectivity index is 2.08. The standard InChI is InChI=1S/C8H17NO2/c1-7(5-9-2)11-8-3-4-10-6-8/h7-9H,3-6H2,1-2H3. The number of ether oxygens (including phenoxy) is 2. The molecular formula is C8H17NO2. The van der Waals surface area contributed by atoms with Crippen LogP contribution < -0.4 is 5.32 Å². The SMILES string of the molecule is CNCC(C)OC1CCOC1. The zero-order chi connectivity index (χ0) is 8.10. The minimum atomic E-state index is 0.298. The second kappa shape index (κ2) is 4.70. The summed E-state index contributed by atoms with van der Waals surface area (Å²) in [6.07, 6.45) is 1.68. The highest BCUT2D eigenvalue weighted by Gasteiger charge is 2.17. The highest BCUT2D eigenvalue weighted by atomic mass is 16.5. The minimum absolute atomic E-state index is 0.298. The first-order valence-corrected chi connectivity index (χ1v) is 4.20. The molecule has 0 aliphatic carbocycles. The fraction of sp³-hybridized carbons (Fsp3) is 1.00.